The average molecular weight is 447 g/mol. The van der Waals surface area contributed by atoms with Crippen LogP contribution in [0.15, 0.2) is 30.5 Å². The molecule has 1 aliphatic carbocycles. The maximum absolute atomic E-state index is 13.2. The van der Waals surface area contributed by atoms with E-state index in [0.29, 0.717) is 53.9 Å². The third kappa shape index (κ3) is 3.94. The van der Waals surface area contributed by atoms with Crippen LogP contribution in [0.4, 0.5) is 20.5 Å². The Bertz CT molecular complexity index is 1090. The minimum atomic E-state index is -2.56. The molecule has 1 unspecified atom stereocenters. The zero-order valence-electron chi connectivity index (χ0n) is 17.1. The third-order valence-corrected chi connectivity index (χ3v) is 7.05. The minimum Gasteiger partial charge on any atom is -0.391 e. The molecule has 10 heteroatoms. The van der Waals surface area contributed by atoms with Crippen LogP contribution in [0.3, 0.4) is 0 Å². The van der Waals surface area contributed by atoms with Crippen LogP contribution in [-0.4, -0.2) is 61.6 Å². The molecule has 31 heavy (non-hydrogen) atoms. The van der Waals surface area contributed by atoms with Crippen LogP contribution in [0.5, 0.6) is 0 Å². The van der Waals surface area contributed by atoms with Crippen molar-refractivity contribution in [2.45, 2.75) is 43.1 Å². The molecular weight excluding hydrogens is 422 g/mol. The van der Waals surface area contributed by atoms with E-state index in [2.05, 4.69) is 16.7 Å². The summed E-state index contributed by atoms with van der Waals surface area (Å²) in [4.78, 5) is 11.5. The van der Waals surface area contributed by atoms with Gasteiger partial charge < -0.3 is 15.3 Å². The number of aromatic nitrogens is 4. The largest absolute Gasteiger partial charge is 0.391 e. The lowest BCUT2D eigenvalue weighted by molar-refractivity contribution is 0.151. The summed E-state index contributed by atoms with van der Waals surface area (Å²) in [6.07, 6.45) is 3.61. The lowest BCUT2D eigenvalue weighted by Gasteiger charge is -2.34. The molecule has 0 bridgehead atoms. The van der Waals surface area contributed by atoms with Gasteiger partial charge in [-0.1, -0.05) is 12.1 Å². The van der Waals surface area contributed by atoms with Crippen molar-refractivity contribution in [2.24, 2.45) is 0 Å². The van der Waals surface area contributed by atoms with Crippen LogP contribution in [0.2, 0.25) is 0 Å². The van der Waals surface area contributed by atoms with Gasteiger partial charge in [0.05, 0.1) is 23.4 Å². The first-order valence-electron chi connectivity index (χ1n) is 10.4. The highest BCUT2D eigenvalue weighted by Gasteiger charge is 2.30. The van der Waals surface area contributed by atoms with Gasteiger partial charge in [-0.3, -0.25) is 0 Å². The molecule has 3 heterocycles. The fourth-order valence-electron chi connectivity index (χ4n) is 4.17. The Morgan fingerprint density at radius 3 is 2.81 bits per heavy atom. The summed E-state index contributed by atoms with van der Waals surface area (Å²) >= 11 is 1.86. The number of hydrogen-bond acceptors (Lipinski definition) is 7. The van der Waals surface area contributed by atoms with Gasteiger partial charge in [0, 0.05) is 29.9 Å². The van der Waals surface area contributed by atoms with Crippen molar-refractivity contribution in [1.82, 2.24) is 19.7 Å². The molecule has 1 saturated carbocycles. The van der Waals surface area contributed by atoms with E-state index < -0.39 is 12.5 Å². The zero-order valence-corrected chi connectivity index (χ0v) is 17.9. The molecule has 7 nitrogen and oxygen atoms in total. The van der Waals surface area contributed by atoms with Crippen LogP contribution >= 0.6 is 11.8 Å². The molecule has 1 aliphatic heterocycles. The van der Waals surface area contributed by atoms with Crippen molar-refractivity contribution < 1.29 is 13.9 Å². The fraction of sp³-hybridized carbons (Fsp3) is 0.476. The molecule has 1 atom stereocenters. The van der Waals surface area contributed by atoms with Crippen molar-refractivity contribution in [3.8, 4) is 5.69 Å². The molecule has 5 rings (SSSR count). The number of alkyl halides is 2. The second-order valence-corrected chi connectivity index (χ2v) is 9.26. The van der Waals surface area contributed by atoms with Gasteiger partial charge >= 0.3 is 0 Å². The Hall–Kier alpha value is -2.46. The van der Waals surface area contributed by atoms with Crippen molar-refractivity contribution in [3.63, 3.8) is 0 Å². The maximum atomic E-state index is 13.2. The standard InChI is InChI=1S/C21H24F2N6OS/c1-31-16-8-13(9-16)25-21-26-19(28-6-5-15(30)11-28)17-10-24-29(20(17)27-21)14-4-2-3-12(7-14)18(22)23/h2-4,7,10,13,15-16,18,30H,5-6,8-9,11H2,1H3,(H,25,26,27)/t13-,15?,16-. The SMILES string of the molecule is CS[C@H]1C[C@H](Nc2nc(N3CCC(O)C3)c3cnn(-c4cccc(C(F)F)c4)c3n2)C1. The highest BCUT2D eigenvalue weighted by Crippen LogP contribution is 2.34. The van der Waals surface area contributed by atoms with E-state index in [0.717, 1.165) is 18.2 Å². The first-order valence-corrected chi connectivity index (χ1v) is 11.7. The number of thioether (sulfide) groups is 1. The lowest BCUT2D eigenvalue weighted by atomic mass is 9.92. The van der Waals surface area contributed by atoms with E-state index in [1.54, 1.807) is 23.0 Å². The number of anilines is 2. The van der Waals surface area contributed by atoms with Crippen LogP contribution in [-0.2, 0) is 0 Å². The van der Waals surface area contributed by atoms with Crippen molar-refractivity contribution >= 4 is 34.6 Å². The number of fused-ring (bicyclic) bond motifs is 1. The number of nitrogens with one attached hydrogen (secondary N) is 1. The highest BCUT2D eigenvalue weighted by atomic mass is 32.2. The second-order valence-electron chi connectivity index (χ2n) is 8.12. The summed E-state index contributed by atoms with van der Waals surface area (Å²) in [7, 11) is 0. The van der Waals surface area contributed by atoms with Gasteiger partial charge in [-0.25, -0.2) is 13.5 Å². The first kappa shape index (κ1) is 20.4. The first-order chi connectivity index (χ1) is 15.0. The Balaban J connectivity index is 1.56. The Morgan fingerprint density at radius 1 is 1.26 bits per heavy atom. The molecule has 3 aromatic rings. The number of hydrogen-bond donors (Lipinski definition) is 2. The summed E-state index contributed by atoms with van der Waals surface area (Å²) in [5.41, 5.74) is 1.02. The van der Waals surface area contributed by atoms with Gasteiger partial charge in [0.1, 0.15) is 5.82 Å². The van der Waals surface area contributed by atoms with Crippen molar-refractivity contribution in [3.05, 3.63) is 36.0 Å². The van der Waals surface area contributed by atoms with E-state index in [1.807, 2.05) is 16.7 Å². The minimum absolute atomic E-state index is 0.0611. The molecule has 2 fully saturated rings. The van der Waals surface area contributed by atoms with E-state index in [4.69, 9.17) is 9.97 Å². The Kier molecular flexibility index (Phi) is 5.43. The van der Waals surface area contributed by atoms with Crippen molar-refractivity contribution in [1.29, 1.82) is 0 Å². The fourth-order valence-corrected chi connectivity index (χ4v) is 5.02. The number of aliphatic hydroxyl groups is 1. The summed E-state index contributed by atoms with van der Waals surface area (Å²) in [5.74, 6) is 1.21. The van der Waals surface area contributed by atoms with Gasteiger partial charge in [-0.15, -0.1) is 0 Å². The second kappa shape index (κ2) is 8.23. The van der Waals surface area contributed by atoms with E-state index >= 15 is 0 Å². The molecule has 0 amide bonds. The van der Waals surface area contributed by atoms with E-state index in [9.17, 15) is 13.9 Å². The van der Waals surface area contributed by atoms with Crippen LogP contribution in [0, 0.1) is 0 Å². The summed E-state index contributed by atoms with van der Waals surface area (Å²) < 4.78 is 28.0. The van der Waals surface area contributed by atoms with Crippen LogP contribution in [0.1, 0.15) is 31.3 Å². The van der Waals surface area contributed by atoms with Gasteiger partial charge in [0.25, 0.3) is 6.43 Å². The molecule has 0 radical (unpaired) electrons. The number of rotatable bonds is 6. The van der Waals surface area contributed by atoms with E-state index in [1.165, 1.54) is 12.1 Å². The number of nitrogens with zero attached hydrogens (tertiary/aromatic N) is 5. The van der Waals surface area contributed by atoms with Gasteiger partial charge in [-0.2, -0.15) is 26.8 Å². The third-order valence-electron chi connectivity index (χ3n) is 6.00. The van der Waals surface area contributed by atoms with Crippen LogP contribution < -0.4 is 10.2 Å². The maximum Gasteiger partial charge on any atom is 0.263 e. The van der Waals surface area contributed by atoms with Gasteiger partial charge in [0.2, 0.25) is 5.95 Å². The Labute approximate surface area is 182 Å². The summed E-state index contributed by atoms with van der Waals surface area (Å²) in [5, 5.41) is 19.3. The number of halogens is 2. The zero-order chi connectivity index (χ0) is 21.5. The molecule has 1 aromatic carbocycles. The molecule has 2 aliphatic rings. The average Bonchev–Trinajstić information content (AvgIpc) is 3.36. The number of benzene rings is 1. The predicted molar refractivity (Wildman–Crippen MR) is 118 cm³/mol. The summed E-state index contributed by atoms with van der Waals surface area (Å²) in [6, 6.07) is 6.48. The molecule has 1 saturated heterocycles. The number of aliphatic hydroxyl groups excluding tert-OH is 1. The smallest absolute Gasteiger partial charge is 0.263 e. The Morgan fingerprint density at radius 2 is 2.10 bits per heavy atom. The van der Waals surface area contributed by atoms with Crippen molar-refractivity contribution in [2.75, 3.05) is 29.6 Å². The predicted octanol–water partition coefficient (Wildman–Crippen LogP) is 3.63. The topological polar surface area (TPSA) is 79.1 Å². The normalized spacial score (nSPS) is 23.5. The summed E-state index contributed by atoms with van der Waals surface area (Å²) in [6.45, 7) is 1.19. The highest BCUT2D eigenvalue weighted by molar-refractivity contribution is 7.99. The lowest BCUT2D eigenvalue weighted by Crippen LogP contribution is -2.37. The van der Waals surface area contributed by atoms with Gasteiger partial charge in [-0.05, 0) is 37.7 Å². The van der Waals surface area contributed by atoms with Crippen LogP contribution in [0.25, 0.3) is 16.7 Å². The van der Waals surface area contributed by atoms with E-state index in [-0.39, 0.29) is 5.56 Å². The molecular formula is C21H24F2N6OS. The molecule has 164 valence electrons. The molecule has 0 spiro atoms. The molecule has 2 aromatic heterocycles. The van der Waals surface area contributed by atoms with Gasteiger partial charge in [0.15, 0.2) is 5.65 Å². The quantitative estimate of drug-likeness (QED) is 0.599. The monoisotopic (exact) mass is 446 g/mol. The number of β-amino-alcohol motifs (C(OH)–C–C–N with tert-alkyl or cyclic N) is 1. The molecule has 2 N–H and O–H groups in total.